The quantitative estimate of drug-likeness (QED) is 0.250. The van der Waals surface area contributed by atoms with E-state index in [1.165, 1.54) is 0 Å². The number of hydrogen-bond acceptors (Lipinski definition) is 3. The topological polar surface area (TPSA) is 74.6 Å². The van der Waals surface area contributed by atoms with Gasteiger partial charge in [-0.15, -0.1) is 0 Å². The molecule has 0 rings (SSSR count). The summed E-state index contributed by atoms with van der Waals surface area (Å²) in [5, 5.41) is 0.417. The fourth-order valence-corrected chi connectivity index (χ4v) is 0. The molecule has 7 heteroatoms. The van der Waals surface area contributed by atoms with Gasteiger partial charge in [-0.3, -0.25) is 9.11 Å². The van der Waals surface area contributed by atoms with Crippen LogP contribution in [0, 0.1) is 0 Å². The van der Waals surface area contributed by atoms with Crippen molar-refractivity contribution in [1.29, 1.82) is 0 Å². The van der Waals surface area contributed by atoms with Gasteiger partial charge in [-0.2, -0.15) is 13.7 Å². The molecule has 0 radical (unpaired) electrons. The monoisotopic (exact) mass is 196 g/mol. The fourth-order valence-electron chi connectivity index (χ4n) is 0. The van der Waals surface area contributed by atoms with Crippen molar-refractivity contribution in [3.05, 3.63) is 0 Å². The van der Waals surface area contributed by atoms with Crippen molar-refractivity contribution < 1.29 is 47.1 Å². The van der Waals surface area contributed by atoms with Gasteiger partial charge in [-0.25, -0.2) is 0 Å². The van der Waals surface area contributed by atoms with E-state index in [1.54, 1.807) is 0 Å². The third kappa shape index (κ3) is 419. The van der Waals surface area contributed by atoms with Gasteiger partial charge in [0.1, 0.15) is 0 Å². The van der Waals surface area contributed by atoms with Crippen molar-refractivity contribution >= 4 is 23.0 Å². The van der Waals surface area contributed by atoms with E-state index >= 15 is 0 Å². The van der Waals surface area contributed by atoms with Crippen LogP contribution in [0.2, 0.25) is 0 Å². The molecule has 0 bridgehead atoms. The summed E-state index contributed by atoms with van der Waals surface area (Å²) < 4.78 is 31.6. The molecule has 0 saturated heterocycles. The van der Waals surface area contributed by atoms with Crippen molar-refractivity contribution in [1.82, 2.24) is 0 Å². The summed E-state index contributed by atoms with van der Waals surface area (Å²) in [5.41, 5.74) is 0. The molecular weight excluding hydrogens is 187 g/mol. The molecule has 0 saturated carbocycles. The van der Waals surface area contributed by atoms with Gasteiger partial charge in [0.25, 0.3) is 0 Å². The van der Waals surface area contributed by atoms with E-state index in [4.69, 9.17) is 17.5 Å². The standard InChI is InChI=1S/C3H8S.Na.H2O4S/c1-3(2)4;;1-5(2,3)4/h3-4H,1-2H3;;(H2,1,2,3,4)/q;+1;/p-1. The molecule has 0 amide bonds. The molecule has 0 aliphatic carbocycles. The Morgan fingerprint density at radius 1 is 1.30 bits per heavy atom. The summed E-state index contributed by atoms with van der Waals surface area (Å²) in [7, 11) is -4.67. The molecule has 0 fully saturated rings. The normalized spacial score (nSPS) is 9.40. The van der Waals surface area contributed by atoms with E-state index < -0.39 is 10.4 Å². The molecule has 4 nitrogen and oxygen atoms in total. The van der Waals surface area contributed by atoms with E-state index in [2.05, 4.69) is 12.6 Å². The summed E-state index contributed by atoms with van der Waals surface area (Å²) in [5.74, 6) is 0. The van der Waals surface area contributed by atoms with Crippen molar-refractivity contribution in [2.45, 2.75) is 19.1 Å². The first-order valence-corrected chi connectivity index (χ1v) is 3.96. The maximum atomic E-state index is 8.74. The van der Waals surface area contributed by atoms with Crippen LogP contribution in [-0.4, -0.2) is 22.8 Å². The van der Waals surface area contributed by atoms with Crippen molar-refractivity contribution in [2.24, 2.45) is 0 Å². The Labute approximate surface area is 88.7 Å². The molecule has 10 heavy (non-hydrogen) atoms. The van der Waals surface area contributed by atoms with Crippen LogP contribution in [0.5, 0.6) is 0 Å². The summed E-state index contributed by atoms with van der Waals surface area (Å²) in [6, 6.07) is 0. The summed E-state index contributed by atoms with van der Waals surface area (Å²) >= 11 is 4.62. The SMILES string of the molecule is CC(C)[S-].O=S(=O)(O)O.[Na+]. The second-order valence-electron chi connectivity index (χ2n) is 1.50. The Hall–Kier alpha value is 1.22. The average molecular weight is 196 g/mol. The first-order valence-electron chi connectivity index (χ1n) is 2.09. The molecule has 0 aromatic rings. The number of rotatable bonds is 0. The second kappa shape index (κ2) is 8.32. The van der Waals surface area contributed by atoms with Gasteiger partial charge in [-0.1, -0.05) is 13.8 Å². The van der Waals surface area contributed by atoms with Crippen LogP contribution in [-0.2, 0) is 23.0 Å². The molecule has 58 valence electrons. The third-order valence-electron chi connectivity index (χ3n) is 0. The average Bonchev–Trinajstić information content (AvgIpc) is 1.19. The van der Waals surface area contributed by atoms with Crippen LogP contribution in [0.3, 0.4) is 0 Å². The first-order chi connectivity index (χ1) is 3.73. The second-order valence-corrected chi connectivity index (χ2v) is 3.34. The van der Waals surface area contributed by atoms with Crippen LogP contribution in [0.1, 0.15) is 13.8 Å². The maximum absolute atomic E-state index is 8.74. The minimum atomic E-state index is -4.67. The largest absolute Gasteiger partial charge is 1.00 e. The molecule has 0 aliphatic heterocycles. The molecule has 0 spiro atoms. The zero-order valence-corrected chi connectivity index (χ0v) is 9.74. The molecule has 2 N–H and O–H groups in total. The fraction of sp³-hybridized carbons (Fsp3) is 1.00. The van der Waals surface area contributed by atoms with Gasteiger partial charge in [0.05, 0.1) is 0 Å². The summed E-state index contributed by atoms with van der Waals surface area (Å²) in [6.45, 7) is 3.96. The van der Waals surface area contributed by atoms with Crippen LogP contribution < -0.4 is 29.6 Å². The Morgan fingerprint density at radius 3 is 1.30 bits per heavy atom. The van der Waals surface area contributed by atoms with Gasteiger partial charge < -0.3 is 12.6 Å². The van der Waals surface area contributed by atoms with E-state index in [0.29, 0.717) is 5.25 Å². The first kappa shape index (κ1) is 17.3. The van der Waals surface area contributed by atoms with Crippen LogP contribution in [0.25, 0.3) is 0 Å². The van der Waals surface area contributed by atoms with E-state index in [1.807, 2.05) is 13.8 Å². The molecule has 0 atom stereocenters. The van der Waals surface area contributed by atoms with Gasteiger partial charge in [0, 0.05) is 0 Å². The Bertz CT molecular complexity index is 130. The number of hydrogen-bond donors (Lipinski definition) is 2. The van der Waals surface area contributed by atoms with E-state index in [-0.39, 0.29) is 29.6 Å². The summed E-state index contributed by atoms with van der Waals surface area (Å²) in [4.78, 5) is 0. The van der Waals surface area contributed by atoms with Crippen LogP contribution in [0.15, 0.2) is 0 Å². The minimum Gasteiger partial charge on any atom is -0.790 e. The van der Waals surface area contributed by atoms with Crippen LogP contribution >= 0.6 is 0 Å². The molecule has 0 heterocycles. The van der Waals surface area contributed by atoms with Gasteiger partial charge in [0.2, 0.25) is 0 Å². The summed E-state index contributed by atoms with van der Waals surface area (Å²) in [6.07, 6.45) is 0. The molecule has 0 unspecified atom stereocenters. The van der Waals surface area contributed by atoms with Gasteiger partial charge >= 0.3 is 40.0 Å². The van der Waals surface area contributed by atoms with Crippen LogP contribution in [0.4, 0.5) is 0 Å². The smallest absolute Gasteiger partial charge is 0.790 e. The van der Waals surface area contributed by atoms with E-state index in [0.717, 1.165) is 0 Å². The Balaban J connectivity index is -0.0000000910. The van der Waals surface area contributed by atoms with E-state index in [9.17, 15) is 0 Å². The van der Waals surface area contributed by atoms with Crippen molar-refractivity contribution in [2.75, 3.05) is 0 Å². The Kier molecular flexibility index (Phi) is 14.4. The predicted octanol–water partition coefficient (Wildman–Crippen LogP) is -2.71. The predicted molar refractivity (Wildman–Crippen MR) is 36.7 cm³/mol. The van der Waals surface area contributed by atoms with Crippen molar-refractivity contribution in [3.8, 4) is 0 Å². The molecular formula is C3H9NaO4S2. The molecule has 0 aliphatic rings. The maximum Gasteiger partial charge on any atom is 1.00 e. The minimum absolute atomic E-state index is 0. The molecule has 0 aromatic carbocycles. The van der Waals surface area contributed by atoms with Crippen molar-refractivity contribution in [3.63, 3.8) is 0 Å². The zero-order chi connectivity index (χ0) is 8.08. The van der Waals surface area contributed by atoms with Gasteiger partial charge in [0.15, 0.2) is 0 Å². The van der Waals surface area contributed by atoms with Gasteiger partial charge in [-0.05, 0) is 0 Å². The zero-order valence-electron chi connectivity index (χ0n) is 6.10. The third-order valence-corrected chi connectivity index (χ3v) is 0. The molecule has 0 aromatic heterocycles. The Morgan fingerprint density at radius 2 is 1.30 bits per heavy atom.